The van der Waals surface area contributed by atoms with Gasteiger partial charge in [-0.05, 0) is 30.5 Å². The Balaban J connectivity index is 1.66. The van der Waals surface area contributed by atoms with Crippen molar-refractivity contribution in [1.82, 2.24) is 10.3 Å². The third-order valence-corrected chi connectivity index (χ3v) is 5.21. The number of aromatic nitrogens is 1. The fourth-order valence-corrected chi connectivity index (χ4v) is 3.91. The molecule has 144 valence electrons. The van der Waals surface area contributed by atoms with Gasteiger partial charge in [-0.25, -0.2) is 4.98 Å². The van der Waals surface area contributed by atoms with Crippen LogP contribution in [0.15, 0.2) is 24.3 Å². The van der Waals surface area contributed by atoms with Crippen molar-refractivity contribution in [2.24, 2.45) is 5.73 Å². The lowest BCUT2D eigenvalue weighted by Crippen LogP contribution is -2.45. The van der Waals surface area contributed by atoms with Crippen LogP contribution in [0.3, 0.4) is 0 Å². The van der Waals surface area contributed by atoms with Crippen molar-refractivity contribution in [3.8, 4) is 0 Å². The van der Waals surface area contributed by atoms with Crippen LogP contribution in [0.1, 0.15) is 32.9 Å². The average molecular weight is 398 g/mol. The van der Waals surface area contributed by atoms with Gasteiger partial charge in [-0.15, -0.1) is 11.3 Å². The Hall–Kier alpha value is -2.46. The summed E-state index contributed by atoms with van der Waals surface area (Å²) in [5.41, 5.74) is 7.58. The lowest BCUT2D eigenvalue weighted by molar-refractivity contribution is -0.174. The molecule has 1 aliphatic rings. The minimum atomic E-state index is -4.90. The predicted octanol–water partition coefficient (Wildman–Crippen LogP) is 2.39. The number of alkyl halides is 3. The van der Waals surface area contributed by atoms with Crippen LogP contribution in [0.25, 0.3) is 0 Å². The highest BCUT2D eigenvalue weighted by Crippen LogP contribution is 2.30. The Morgan fingerprint density at radius 2 is 2.11 bits per heavy atom. The zero-order valence-corrected chi connectivity index (χ0v) is 14.9. The van der Waals surface area contributed by atoms with Crippen LogP contribution in [0, 0.1) is 0 Å². The monoisotopic (exact) mass is 398 g/mol. The minimum Gasteiger partial charge on any atom is -0.345 e. The second-order valence-corrected chi connectivity index (χ2v) is 7.24. The number of aryl methyl sites for hydroxylation is 1. The van der Waals surface area contributed by atoms with Crippen LogP contribution < -0.4 is 16.4 Å². The van der Waals surface area contributed by atoms with Crippen molar-refractivity contribution in [3.63, 3.8) is 0 Å². The smallest absolute Gasteiger partial charge is 0.345 e. The van der Waals surface area contributed by atoms with Gasteiger partial charge in [-0.1, -0.05) is 12.1 Å². The van der Waals surface area contributed by atoms with Crippen LogP contribution in [0.4, 0.5) is 18.3 Å². The average Bonchev–Trinajstić information content (AvgIpc) is 3.02. The Labute approximate surface area is 157 Å². The number of carbonyl (C=O) groups excluding carboxylic acids is 2. The highest BCUT2D eigenvalue weighted by Gasteiger charge is 2.40. The van der Waals surface area contributed by atoms with Gasteiger partial charge < -0.3 is 11.1 Å². The van der Waals surface area contributed by atoms with E-state index in [1.54, 1.807) is 18.2 Å². The van der Waals surface area contributed by atoms with E-state index >= 15 is 0 Å². The molecule has 4 N–H and O–H groups in total. The molecule has 0 aliphatic heterocycles. The van der Waals surface area contributed by atoms with E-state index in [9.17, 15) is 22.8 Å². The number of nitrogens with two attached hydrogens (primary N) is 1. The lowest BCUT2D eigenvalue weighted by Gasteiger charge is -2.22. The number of thiazole rings is 1. The van der Waals surface area contributed by atoms with Gasteiger partial charge in [0.05, 0.1) is 5.69 Å². The third-order valence-electron chi connectivity index (χ3n) is 4.18. The molecule has 0 radical (unpaired) electrons. The van der Waals surface area contributed by atoms with E-state index in [4.69, 9.17) is 5.73 Å². The Bertz CT molecular complexity index is 866. The maximum Gasteiger partial charge on any atom is 0.471 e. The van der Waals surface area contributed by atoms with E-state index in [-0.39, 0.29) is 12.3 Å². The number of rotatable bonds is 4. The van der Waals surface area contributed by atoms with Crippen LogP contribution in [-0.2, 0) is 24.2 Å². The molecule has 1 aromatic carbocycles. The first-order valence-electron chi connectivity index (χ1n) is 8.23. The van der Waals surface area contributed by atoms with Crippen molar-refractivity contribution in [3.05, 3.63) is 46.0 Å². The molecule has 27 heavy (non-hydrogen) atoms. The molecule has 1 heterocycles. The molecule has 6 nitrogen and oxygen atoms in total. The predicted molar refractivity (Wildman–Crippen MR) is 94.4 cm³/mol. The van der Waals surface area contributed by atoms with Crippen LogP contribution in [0.2, 0.25) is 0 Å². The van der Waals surface area contributed by atoms with E-state index in [1.807, 2.05) is 11.4 Å². The third kappa shape index (κ3) is 4.64. The number of fused-ring (bicyclic) bond motifs is 1. The summed E-state index contributed by atoms with van der Waals surface area (Å²) in [5.74, 6) is -2.27. The Morgan fingerprint density at radius 3 is 2.81 bits per heavy atom. The van der Waals surface area contributed by atoms with Crippen LogP contribution >= 0.6 is 11.3 Å². The molecule has 1 unspecified atom stereocenters. The zero-order valence-electron chi connectivity index (χ0n) is 14.1. The summed E-state index contributed by atoms with van der Waals surface area (Å²) >= 11 is 1.21. The van der Waals surface area contributed by atoms with E-state index in [1.165, 1.54) is 11.3 Å². The molecule has 10 heteroatoms. The topological polar surface area (TPSA) is 97.1 Å². The molecular formula is C17H17F3N4O2S. The van der Waals surface area contributed by atoms with Gasteiger partial charge in [0.15, 0.2) is 5.13 Å². The number of amides is 2. The standard InChI is InChI=1S/C17H17F3N4O2S/c18-17(19,20)15(26)22-11-4-5-12-13(7-11)27-16(23-12)24-14(25)10-3-1-2-9(6-10)8-21/h1-3,6,11H,4-5,7-8,21H2,(H,22,26)(H,23,24,25). The summed E-state index contributed by atoms with van der Waals surface area (Å²) in [5, 5.41) is 5.09. The van der Waals surface area contributed by atoms with Crippen molar-refractivity contribution in [2.75, 3.05) is 5.32 Å². The zero-order chi connectivity index (χ0) is 19.6. The fourth-order valence-electron chi connectivity index (χ4n) is 2.83. The second kappa shape index (κ2) is 7.65. The lowest BCUT2D eigenvalue weighted by atomic mass is 9.97. The van der Waals surface area contributed by atoms with E-state index in [2.05, 4.69) is 10.3 Å². The normalized spacial score (nSPS) is 16.5. The SMILES string of the molecule is NCc1cccc(C(=O)Nc2nc3c(s2)CC(NC(=O)C(F)(F)F)CC3)c1. The summed E-state index contributed by atoms with van der Waals surface area (Å²) in [4.78, 5) is 28.6. The highest BCUT2D eigenvalue weighted by molar-refractivity contribution is 7.15. The molecule has 0 bridgehead atoms. The summed E-state index contributed by atoms with van der Waals surface area (Å²) in [6.07, 6.45) is -3.84. The van der Waals surface area contributed by atoms with E-state index < -0.39 is 18.1 Å². The van der Waals surface area contributed by atoms with Crippen LogP contribution in [-0.4, -0.2) is 29.0 Å². The minimum absolute atomic E-state index is 0.257. The highest BCUT2D eigenvalue weighted by atomic mass is 32.1. The largest absolute Gasteiger partial charge is 0.471 e. The number of halogens is 3. The second-order valence-electron chi connectivity index (χ2n) is 6.16. The molecule has 0 spiro atoms. The van der Waals surface area contributed by atoms with Crippen molar-refractivity contribution in [1.29, 1.82) is 0 Å². The number of carbonyl (C=O) groups is 2. The van der Waals surface area contributed by atoms with Crippen molar-refractivity contribution >= 4 is 28.3 Å². The van der Waals surface area contributed by atoms with Gasteiger partial charge in [0.1, 0.15) is 0 Å². The number of hydrogen-bond donors (Lipinski definition) is 3. The summed E-state index contributed by atoms with van der Waals surface area (Å²) in [6, 6.07) is 6.29. The number of nitrogens with one attached hydrogen (secondary N) is 2. The maximum absolute atomic E-state index is 12.4. The van der Waals surface area contributed by atoms with Crippen molar-refractivity contribution < 1.29 is 22.8 Å². The molecule has 0 saturated carbocycles. The molecular weight excluding hydrogens is 381 g/mol. The van der Waals surface area contributed by atoms with Gasteiger partial charge in [0, 0.05) is 29.4 Å². The first kappa shape index (κ1) is 19.3. The Kier molecular flexibility index (Phi) is 5.47. The Morgan fingerprint density at radius 1 is 1.33 bits per heavy atom. The summed E-state index contributed by atoms with van der Waals surface area (Å²) in [7, 11) is 0. The van der Waals surface area contributed by atoms with E-state index in [0.29, 0.717) is 30.1 Å². The molecule has 3 rings (SSSR count). The quantitative estimate of drug-likeness (QED) is 0.737. The first-order chi connectivity index (χ1) is 12.8. The first-order valence-corrected chi connectivity index (χ1v) is 9.04. The molecule has 1 aromatic heterocycles. The number of benzene rings is 1. The van der Waals surface area contributed by atoms with Gasteiger partial charge in [0.25, 0.3) is 5.91 Å². The van der Waals surface area contributed by atoms with Gasteiger partial charge in [0.2, 0.25) is 0 Å². The molecule has 1 aliphatic carbocycles. The molecule has 1 atom stereocenters. The van der Waals surface area contributed by atoms with Crippen LogP contribution in [0.5, 0.6) is 0 Å². The molecule has 2 aromatic rings. The summed E-state index contributed by atoms with van der Waals surface area (Å²) < 4.78 is 37.2. The van der Waals surface area contributed by atoms with Gasteiger partial charge in [-0.3, -0.25) is 14.9 Å². The molecule has 0 fully saturated rings. The molecule has 2 amide bonds. The van der Waals surface area contributed by atoms with Gasteiger partial charge in [-0.2, -0.15) is 13.2 Å². The number of anilines is 1. The summed E-state index contributed by atoms with van der Waals surface area (Å²) in [6.45, 7) is 0.317. The fraction of sp³-hybridized carbons (Fsp3) is 0.353. The maximum atomic E-state index is 12.4. The van der Waals surface area contributed by atoms with E-state index in [0.717, 1.165) is 16.1 Å². The van der Waals surface area contributed by atoms with Crippen molar-refractivity contribution in [2.45, 2.75) is 38.0 Å². The van der Waals surface area contributed by atoms with Gasteiger partial charge >= 0.3 is 12.1 Å². The number of hydrogen-bond acceptors (Lipinski definition) is 5. The molecule has 0 saturated heterocycles. The number of nitrogens with zero attached hydrogens (tertiary/aromatic N) is 1.